The monoisotopic (exact) mass is 384 g/mol. The van der Waals surface area contributed by atoms with Gasteiger partial charge in [-0.05, 0) is 36.8 Å². The van der Waals surface area contributed by atoms with E-state index in [0.29, 0.717) is 32.0 Å². The summed E-state index contributed by atoms with van der Waals surface area (Å²) in [6.07, 6.45) is 0.258. The molecule has 1 N–H and O–H groups in total. The second-order valence-corrected chi connectivity index (χ2v) is 6.54. The highest BCUT2D eigenvalue weighted by atomic mass is 16.5. The lowest BCUT2D eigenvalue weighted by Crippen LogP contribution is -2.36. The first-order valence-electron chi connectivity index (χ1n) is 9.32. The van der Waals surface area contributed by atoms with Gasteiger partial charge in [0.15, 0.2) is 0 Å². The van der Waals surface area contributed by atoms with Crippen LogP contribution in [0.25, 0.3) is 0 Å². The van der Waals surface area contributed by atoms with Gasteiger partial charge in [0.05, 0.1) is 13.7 Å². The van der Waals surface area contributed by atoms with Gasteiger partial charge in [0, 0.05) is 26.4 Å². The van der Waals surface area contributed by atoms with Gasteiger partial charge in [-0.3, -0.25) is 9.59 Å². The molecule has 0 aliphatic rings. The van der Waals surface area contributed by atoms with Gasteiger partial charge in [0.25, 0.3) is 0 Å². The Bertz CT molecular complexity index is 757. The molecule has 2 aromatic carbocycles. The molecule has 0 atom stereocenters. The maximum Gasteiger partial charge on any atom is 0.222 e. The highest BCUT2D eigenvalue weighted by Crippen LogP contribution is 2.16. The first kappa shape index (κ1) is 21.3. The predicted molar refractivity (Wildman–Crippen MR) is 108 cm³/mol. The van der Waals surface area contributed by atoms with Gasteiger partial charge in [0.2, 0.25) is 11.8 Å². The van der Waals surface area contributed by atoms with Crippen molar-refractivity contribution in [1.29, 1.82) is 0 Å². The van der Waals surface area contributed by atoms with Gasteiger partial charge < -0.3 is 19.7 Å². The summed E-state index contributed by atoms with van der Waals surface area (Å²) in [4.78, 5) is 25.5. The second kappa shape index (κ2) is 11.0. The van der Waals surface area contributed by atoms with Gasteiger partial charge in [-0.15, -0.1) is 0 Å². The minimum Gasteiger partial charge on any atom is -0.497 e. The molecule has 6 heteroatoms. The average molecular weight is 384 g/mol. The van der Waals surface area contributed by atoms with Crippen LogP contribution in [0, 0.1) is 6.92 Å². The molecule has 2 aromatic rings. The summed E-state index contributed by atoms with van der Waals surface area (Å²) in [5.41, 5.74) is 2.24. The molecule has 2 amide bonds. The van der Waals surface area contributed by atoms with E-state index < -0.39 is 0 Å². The number of nitrogens with one attached hydrogen (secondary N) is 1. The van der Waals surface area contributed by atoms with Crippen LogP contribution in [0.5, 0.6) is 11.5 Å². The molecule has 150 valence electrons. The molecule has 0 aromatic heterocycles. The maximum absolute atomic E-state index is 12.1. The molecule has 0 fully saturated rings. The lowest BCUT2D eigenvalue weighted by Gasteiger charge is -2.21. The van der Waals surface area contributed by atoms with Crippen LogP contribution in [0.15, 0.2) is 48.5 Å². The van der Waals surface area contributed by atoms with Crippen molar-refractivity contribution in [2.24, 2.45) is 0 Å². The molecule has 2 rings (SSSR count). The van der Waals surface area contributed by atoms with E-state index in [-0.39, 0.29) is 18.2 Å². The van der Waals surface area contributed by atoms with Crippen LogP contribution in [0.2, 0.25) is 0 Å². The maximum atomic E-state index is 12.1. The normalized spacial score (nSPS) is 10.2. The number of methoxy groups -OCH3 is 1. The Labute approximate surface area is 166 Å². The van der Waals surface area contributed by atoms with Crippen molar-refractivity contribution in [3.63, 3.8) is 0 Å². The first-order chi connectivity index (χ1) is 13.5. The van der Waals surface area contributed by atoms with Crippen LogP contribution in [-0.2, 0) is 16.1 Å². The highest BCUT2D eigenvalue weighted by molar-refractivity contribution is 5.78. The van der Waals surface area contributed by atoms with E-state index in [2.05, 4.69) is 5.32 Å². The lowest BCUT2D eigenvalue weighted by atomic mass is 10.1. The number of hydrogen-bond acceptors (Lipinski definition) is 4. The van der Waals surface area contributed by atoms with Crippen molar-refractivity contribution in [2.45, 2.75) is 26.8 Å². The van der Waals surface area contributed by atoms with Crippen molar-refractivity contribution < 1.29 is 19.1 Å². The quantitative estimate of drug-likeness (QED) is 0.684. The number of carbonyl (C=O) groups excluding carboxylic acids is 2. The summed E-state index contributed by atoms with van der Waals surface area (Å²) in [5, 5.41) is 2.89. The smallest absolute Gasteiger partial charge is 0.222 e. The largest absolute Gasteiger partial charge is 0.497 e. The molecular weight excluding hydrogens is 356 g/mol. The number of aryl methyl sites for hydroxylation is 1. The molecule has 0 radical (unpaired) electrons. The molecule has 0 saturated carbocycles. The highest BCUT2D eigenvalue weighted by Gasteiger charge is 2.11. The summed E-state index contributed by atoms with van der Waals surface area (Å²) in [5.74, 6) is 1.31. The van der Waals surface area contributed by atoms with Crippen LogP contribution in [-0.4, -0.2) is 43.5 Å². The van der Waals surface area contributed by atoms with E-state index in [1.807, 2.05) is 55.5 Å². The Kier molecular flexibility index (Phi) is 8.34. The Morgan fingerprint density at radius 1 is 0.964 bits per heavy atom. The lowest BCUT2D eigenvalue weighted by molar-refractivity contribution is -0.130. The summed E-state index contributed by atoms with van der Waals surface area (Å²) < 4.78 is 10.8. The van der Waals surface area contributed by atoms with Crippen molar-refractivity contribution in [3.05, 3.63) is 59.7 Å². The molecule has 0 heterocycles. The Balaban J connectivity index is 1.71. The van der Waals surface area contributed by atoms with E-state index in [4.69, 9.17) is 9.47 Å². The van der Waals surface area contributed by atoms with Crippen LogP contribution in [0.3, 0.4) is 0 Å². The third-order valence-electron chi connectivity index (χ3n) is 4.35. The molecule has 0 aliphatic carbocycles. The van der Waals surface area contributed by atoms with Gasteiger partial charge in [-0.1, -0.05) is 29.8 Å². The van der Waals surface area contributed by atoms with Crippen molar-refractivity contribution in [1.82, 2.24) is 10.2 Å². The fourth-order valence-electron chi connectivity index (χ4n) is 2.60. The van der Waals surface area contributed by atoms with E-state index in [1.165, 1.54) is 12.5 Å². The molecule has 6 nitrogen and oxygen atoms in total. The Morgan fingerprint density at radius 3 is 2.21 bits per heavy atom. The van der Waals surface area contributed by atoms with Crippen molar-refractivity contribution in [3.8, 4) is 11.5 Å². The molecule has 0 bridgehead atoms. The SMILES string of the molecule is COc1ccc(OCCN(CCC(=O)NCc2ccc(C)cc2)C(C)=O)cc1. The number of amides is 2. The third kappa shape index (κ3) is 7.31. The van der Waals surface area contributed by atoms with Gasteiger partial charge in [0.1, 0.15) is 18.1 Å². The predicted octanol–water partition coefficient (Wildman–Crippen LogP) is 2.94. The number of ether oxygens (including phenoxy) is 2. The Hall–Kier alpha value is -3.02. The third-order valence-corrected chi connectivity index (χ3v) is 4.35. The topological polar surface area (TPSA) is 67.9 Å². The summed E-state index contributed by atoms with van der Waals surface area (Å²) in [7, 11) is 1.61. The van der Waals surface area contributed by atoms with Gasteiger partial charge in [-0.2, -0.15) is 0 Å². The van der Waals surface area contributed by atoms with E-state index in [1.54, 1.807) is 12.0 Å². The summed E-state index contributed by atoms with van der Waals surface area (Å²) >= 11 is 0. The number of nitrogens with zero attached hydrogens (tertiary/aromatic N) is 1. The van der Waals surface area contributed by atoms with Crippen molar-refractivity contribution in [2.75, 3.05) is 26.8 Å². The van der Waals surface area contributed by atoms with Crippen LogP contribution < -0.4 is 14.8 Å². The van der Waals surface area contributed by atoms with Crippen molar-refractivity contribution >= 4 is 11.8 Å². The van der Waals surface area contributed by atoms with Gasteiger partial charge >= 0.3 is 0 Å². The number of carbonyl (C=O) groups is 2. The zero-order valence-electron chi connectivity index (χ0n) is 16.7. The molecule has 28 heavy (non-hydrogen) atoms. The average Bonchev–Trinajstić information content (AvgIpc) is 2.70. The zero-order valence-corrected chi connectivity index (χ0v) is 16.7. The molecule has 0 spiro atoms. The Morgan fingerprint density at radius 2 is 1.61 bits per heavy atom. The number of rotatable bonds is 10. The fraction of sp³-hybridized carbons (Fsp3) is 0.364. The molecule has 0 unspecified atom stereocenters. The number of hydrogen-bond donors (Lipinski definition) is 1. The minimum absolute atomic E-state index is 0.0790. The van der Waals surface area contributed by atoms with E-state index >= 15 is 0 Å². The molecule has 0 aliphatic heterocycles. The van der Waals surface area contributed by atoms with E-state index in [0.717, 1.165) is 11.3 Å². The van der Waals surface area contributed by atoms with E-state index in [9.17, 15) is 9.59 Å². The van der Waals surface area contributed by atoms with Crippen LogP contribution >= 0.6 is 0 Å². The summed E-state index contributed by atoms with van der Waals surface area (Å²) in [6.45, 7) is 5.15. The first-order valence-corrected chi connectivity index (χ1v) is 9.32. The second-order valence-electron chi connectivity index (χ2n) is 6.54. The molecular formula is C22H28N2O4. The fourth-order valence-corrected chi connectivity index (χ4v) is 2.60. The van der Waals surface area contributed by atoms with Crippen LogP contribution in [0.1, 0.15) is 24.5 Å². The zero-order chi connectivity index (χ0) is 20.4. The van der Waals surface area contributed by atoms with Gasteiger partial charge in [-0.25, -0.2) is 0 Å². The number of benzene rings is 2. The minimum atomic E-state index is -0.0807. The van der Waals surface area contributed by atoms with Crippen LogP contribution in [0.4, 0.5) is 0 Å². The standard InChI is InChI=1S/C22H28N2O4/c1-17-4-6-19(7-5-17)16-23-22(26)12-13-24(18(2)25)14-15-28-21-10-8-20(27-3)9-11-21/h4-11H,12-16H2,1-3H3,(H,23,26). The summed E-state index contributed by atoms with van der Waals surface area (Å²) in [6, 6.07) is 15.3. The molecule has 0 saturated heterocycles.